The number of benzene rings is 2. The molecule has 1 heterocycles. The number of pyridine rings is 1. The van der Waals surface area contributed by atoms with Gasteiger partial charge in [-0.15, -0.1) is 0 Å². The Bertz CT molecular complexity index is 1040. The Morgan fingerprint density at radius 1 is 1.00 bits per heavy atom. The summed E-state index contributed by atoms with van der Waals surface area (Å²) in [7, 11) is 12.9. The monoisotopic (exact) mass is 470 g/mol. The summed E-state index contributed by atoms with van der Waals surface area (Å²) in [6.45, 7) is 0.0279. The van der Waals surface area contributed by atoms with Crippen LogP contribution in [0.2, 0.25) is 5.02 Å². The predicted octanol–water partition coefficient (Wildman–Crippen LogP) is 4.14. The molecule has 0 saturated heterocycles. The fourth-order valence-electron chi connectivity index (χ4n) is 3.20. The highest BCUT2D eigenvalue weighted by atomic mass is 35.5. The van der Waals surface area contributed by atoms with Gasteiger partial charge in [-0.2, -0.15) is 13.2 Å². The number of hydrogen-bond acceptors (Lipinski definition) is 4. The minimum Gasteiger partial charge on any atom is -0.491 e. The molecule has 33 heavy (non-hydrogen) atoms. The Kier molecular flexibility index (Phi) is 8.10. The van der Waals surface area contributed by atoms with Gasteiger partial charge >= 0.3 is 6.18 Å². The number of aromatic nitrogens is 1. The van der Waals surface area contributed by atoms with E-state index in [-0.39, 0.29) is 25.4 Å². The molecule has 0 bridgehead atoms. The summed E-state index contributed by atoms with van der Waals surface area (Å²) in [5.41, 5.74) is 0.487. The van der Waals surface area contributed by atoms with Crippen molar-refractivity contribution in [3.8, 4) is 5.75 Å². The molecule has 4 nitrogen and oxygen atoms in total. The number of nitrogens with zero attached hydrogens (tertiary/aromatic N) is 2. The van der Waals surface area contributed by atoms with E-state index in [2.05, 4.69) is 4.98 Å². The zero-order chi connectivity index (χ0) is 24.1. The van der Waals surface area contributed by atoms with Gasteiger partial charge in [0.05, 0.1) is 21.3 Å². The van der Waals surface area contributed by atoms with Crippen molar-refractivity contribution in [1.29, 1.82) is 0 Å². The molecule has 0 fully saturated rings. The van der Waals surface area contributed by atoms with Gasteiger partial charge in [-0.25, -0.2) is 0 Å². The van der Waals surface area contributed by atoms with Crippen LogP contribution in [-0.2, 0) is 18.1 Å². The number of aliphatic hydroxyl groups is 1. The number of rotatable bonds is 9. The maximum absolute atomic E-state index is 12.7. The minimum atomic E-state index is -4.44. The van der Waals surface area contributed by atoms with E-state index in [0.717, 1.165) is 17.7 Å². The van der Waals surface area contributed by atoms with Crippen molar-refractivity contribution in [3.05, 3.63) is 94.8 Å². The lowest BCUT2D eigenvalue weighted by molar-refractivity contribution is -0.137. The fraction of sp³-hybridized carbons (Fsp3) is 0.261. The highest BCUT2D eigenvalue weighted by molar-refractivity contribution is 6.39. The molecule has 1 unspecified atom stereocenters. The second kappa shape index (κ2) is 10.6. The predicted molar refractivity (Wildman–Crippen MR) is 122 cm³/mol. The van der Waals surface area contributed by atoms with E-state index in [1.165, 1.54) is 18.3 Å². The van der Waals surface area contributed by atoms with Gasteiger partial charge in [0.25, 0.3) is 0 Å². The lowest BCUT2D eigenvalue weighted by Crippen LogP contribution is -2.50. The molecule has 3 aromatic rings. The molecule has 0 aliphatic carbocycles. The molecule has 1 atom stereocenters. The van der Waals surface area contributed by atoms with Gasteiger partial charge in [-0.05, 0) is 52.9 Å². The smallest absolute Gasteiger partial charge is 0.416 e. The molecule has 4 radical (unpaired) electrons. The average molecular weight is 470 g/mol. The molecule has 3 rings (SSSR count). The van der Waals surface area contributed by atoms with Crippen molar-refractivity contribution >= 4 is 27.3 Å². The summed E-state index contributed by atoms with van der Waals surface area (Å²) in [6.07, 6.45) is -2.37. The molecule has 168 valence electrons. The second-order valence-electron chi connectivity index (χ2n) is 7.53. The molecule has 0 amide bonds. The van der Waals surface area contributed by atoms with Crippen LogP contribution in [0.3, 0.4) is 0 Å². The summed E-state index contributed by atoms with van der Waals surface area (Å²) in [5, 5.41) is 9.63. The zero-order valence-corrected chi connectivity index (χ0v) is 18.3. The molecule has 2 aromatic carbocycles. The van der Waals surface area contributed by atoms with Gasteiger partial charge in [0.15, 0.2) is 0 Å². The molecule has 0 aliphatic rings. The number of hydrogen-bond donors (Lipinski definition) is 1. The number of aliphatic hydroxyl groups excluding tert-OH is 1. The van der Waals surface area contributed by atoms with Crippen molar-refractivity contribution in [2.45, 2.75) is 24.2 Å². The first-order chi connectivity index (χ1) is 15.6. The summed E-state index contributed by atoms with van der Waals surface area (Å²) in [4.78, 5) is 5.69. The van der Waals surface area contributed by atoms with E-state index in [9.17, 15) is 18.3 Å². The standard InChI is InChI=1S/C23H20B2ClF3N2O2/c24-22(25,18-5-3-11-30-12-18)31(13-16-4-1-2-6-21(16)26)14-19(32)15-33-20-9-7-17(8-10-20)23(27,28)29/h1-12,19,32H,13-15H2. The van der Waals surface area contributed by atoms with Crippen LogP contribution in [-0.4, -0.2) is 49.9 Å². The van der Waals surface area contributed by atoms with Crippen molar-refractivity contribution in [3.63, 3.8) is 0 Å². The van der Waals surface area contributed by atoms with Crippen LogP contribution < -0.4 is 4.74 Å². The van der Waals surface area contributed by atoms with Gasteiger partial charge in [0.1, 0.15) is 18.5 Å². The highest BCUT2D eigenvalue weighted by Crippen LogP contribution is 2.30. The third kappa shape index (κ3) is 6.76. The molecule has 1 aromatic heterocycles. The van der Waals surface area contributed by atoms with Gasteiger partial charge < -0.3 is 14.7 Å². The van der Waals surface area contributed by atoms with E-state index in [4.69, 9.17) is 32.0 Å². The van der Waals surface area contributed by atoms with Crippen molar-refractivity contribution < 1.29 is 23.0 Å². The van der Waals surface area contributed by atoms with E-state index in [1.807, 2.05) is 12.1 Å². The van der Waals surface area contributed by atoms with E-state index in [1.54, 1.807) is 35.4 Å². The first-order valence-corrected chi connectivity index (χ1v) is 10.4. The van der Waals surface area contributed by atoms with Crippen molar-refractivity contribution in [2.24, 2.45) is 0 Å². The van der Waals surface area contributed by atoms with Crippen LogP contribution in [0.4, 0.5) is 13.2 Å². The third-order valence-corrected chi connectivity index (χ3v) is 5.39. The van der Waals surface area contributed by atoms with E-state index < -0.39 is 23.2 Å². The Labute approximate surface area is 198 Å². The molecular formula is C23H20B2ClF3N2O2. The third-order valence-electron chi connectivity index (χ3n) is 5.02. The number of halogens is 4. The van der Waals surface area contributed by atoms with Gasteiger partial charge in [-0.3, -0.25) is 4.98 Å². The maximum Gasteiger partial charge on any atom is 0.416 e. The zero-order valence-electron chi connectivity index (χ0n) is 17.5. The number of ether oxygens (including phenoxy) is 1. The van der Waals surface area contributed by atoms with Crippen LogP contribution in [0.5, 0.6) is 5.75 Å². The normalized spacial score (nSPS) is 13.2. The summed E-state index contributed by atoms with van der Waals surface area (Å²) in [5.74, 6) is 0.193. The minimum absolute atomic E-state index is 0.00620. The Morgan fingerprint density at radius 3 is 2.30 bits per heavy atom. The molecule has 1 N–H and O–H groups in total. The summed E-state index contributed by atoms with van der Waals surface area (Å²) in [6, 6.07) is 14.8. The summed E-state index contributed by atoms with van der Waals surface area (Å²) >= 11 is 6.30. The van der Waals surface area contributed by atoms with Crippen LogP contribution in [0.25, 0.3) is 0 Å². The number of alkyl halides is 3. The van der Waals surface area contributed by atoms with Crippen molar-refractivity contribution in [1.82, 2.24) is 9.88 Å². The second-order valence-corrected chi connectivity index (χ2v) is 7.93. The van der Waals surface area contributed by atoms with Crippen LogP contribution in [0, 0.1) is 0 Å². The van der Waals surface area contributed by atoms with Gasteiger partial charge in [0.2, 0.25) is 0 Å². The quantitative estimate of drug-likeness (QED) is 0.478. The highest BCUT2D eigenvalue weighted by Gasteiger charge is 2.31. The molecule has 0 saturated carbocycles. The Hall–Kier alpha value is -2.48. The topological polar surface area (TPSA) is 45.6 Å². The Morgan fingerprint density at radius 2 is 1.70 bits per heavy atom. The molecule has 10 heteroatoms. The van der Waals surface area contributed by atoms with Crippen LogP contribution >= 0.6 is 11.6 Å². The maximum atomic E-state index is 12.7. The fourth-order valence-corrected chi connectivity index (χ4v) is 3.40. The van der Waals surface area contributed by atoms with E-state index in [0.29, 0.717) is 10.6 Å². The largest absolute Gasteiger partial charge is 0.491 e. The van der Waals surface area contributed by atoms with Crippen molar-refractivity contribution in [2.75, 3.05) is 13.2 Å². The first-order valence-electron chi connectivity index (χ1n) is 10.0. The molecular weight excluding hydrogens is 450 g/mol. The molecule has 0 aliphatic heterocycles. The van der Waals surface area contributed by atoms with Crippen LogP contribution in [0.1, 0.15) is 16.7 Å². The Balaban J connectivity index is 1.73. The van der Waals surface area contributed by atoms with Gasteiger partial charge in [-0.1, -0.05) is 35.9 Å². The SMILES string of the molecule is [B]C([B])(c1cccnc1)N(Cc1ccccc1Cl)CC(O)COc1ccc(C(F)(F)F)cc1. The molecule has 0 spiro atoms. The van der Waals surface area contributed by atoms with E-state index >= 15 is 0 Å². The van der Waals surface area contributed by atoms with Crippen LogP contribution in [0.15, 0.2) is 73.1 Å². The summed E-state index contributed by atoms with van der Waals surface area (Å²) < 4.78 is 43.6. The lowest BCUT2D eigenvalue weighted by Gasteiger charge is -2.41. The lowest BCUT2D eigenvalue weighted by atomic mass is 9.57. The first kappa shape index (κ1) is 25.1. The van der Waals surface area contributed by atoms with Gasteiger partial charge in [0, 0.05) is 30.5 Å². The average Bonchev–Trinajstić information content (AvgIpc) is 2.79.